The maximum Gasteiger partial charge on any atom is 0.246 e. The molecule has 0 spiro atoms. The molecule has 0 aliphatic rings. The molecule has 8 heteroatoms. The summed E-state index contributed by atoms with van der Waals surface area (Å²) in [5.74, 6) is 0.664. The van der Waals surface area contributed by atoms with Crippen LogP contribution in [0.5, 0.6) is 11.5 Å². The summed E-state index contributed by atoms with van der Waals surface area (Å²) in [6.07, 6.45) is 0. The molecule has 0 heterocycles. The number of benzene rings is 2. The predicted octanol–water partition coefficient (Wildman–Crippen LogP) is 3.83. The molecule has 0 atom stereocenters. The summed E-state index contributed by atoms with van der Waals surface area (Å²) < 4.78 is 37.2. The number of hydrogen-bond donors (Lipinski definition) is 0. The first-order valence-corrected chi connectivity index (χ1v) is 9.11. The van der Waals surface area contributed by atoms with Gasteiger partial charge in [0.1, 0.15) is 16.4 Å². The average molecular weight is 390 g/mol. The summed E-state index contributed by atoms with van der Waals surface area (Å²) in [4.78, 5) is 0.0249. The van der Waals surface area contributed by atoms with Crippen LogP contribution in [-0.2, 0) is 16.6 Å². The Hall–Kier alpha value is -1.47. The third-order valence-corrected chi connectivity index (χ3v) is 5.88. The minimum atomic E-state index is -3.80. The average Bonchev–Trinajstić information content (AvgIpc) is 2.56. The quantitative estimate of drug-likeness (QED) is 0.752. The second-order valence-corrected chi connectivity index (χ2v) is 7.87. The Labute approximate surface area is 151 Å². The van der Waals surface area contributed by atoms with Crippen LogP contribution < -0.4 is 9.47 Å². The number of hydrogen-bond acceptors (Lipinski definition) is 4. The van der Waals surface area contributed by atoms with E-state index >= 15 is 0 Å². The van der Waals surface area contributed by atoms with Gasteiger partial charge in [-0.15, -0.1) is 0 Å². The minimum absolute atomic E-state index is 0.0249. The highest BCUT2D eigenvalue weighted by molar-refractivity contribution is 7.89. The van der Waals surface area contributed by atoms with E-state index in [-0.39, 0.29) is 17.2 Å². The van der Waals surface area contributed by atoms with Gasteiger partial charge in [-0.05, 0) is 29.8 Å². The van der Waals surface area contributed by atoms with Gasteiger partial charge < -0.3 is 9.47 Å². The Morgan fingerprint density at radius 2 is 1.75 bits per heavy atom. The summed E-state index contributed by atoms with van der Waals surface area (Å²) >= 11 is 12.0. The number of rotatable bonds is 6. The van der Waals surface area contributed by atoms with Gasteiger partial charge in [-0.3, -0.25) is 0 Å². The van der Waals surface area contributed by atoms with Crippen LogP contribution in [0.1, 0.15) is 5.56 Å². The Bertz CT molecular complexity index is 840. The first-order valence-electron chi connectivity index (χ1n) is 6.92. The molecule has 2 rings (SSSR count). The van der Waals surface area contributed by atoms with Crippen LogP contribution in [0.15, 0.2) is 41.3 Å². The zero-order valence-electron chi connectivity index (χ0n) is 13.4. The fourth-order valence-corrected chi connectivity index (χ4v) is 3.91. The van der Waals surface area contributed by atoms with Crippen molar-refractivity contribution in [3.05, 3.63) is 52.0 Å². The van der Waals surface area contributed by atoms with Crippen LogP contribution in [0.4, 0.5) is 0 Å². The molecule has 2 aromatic rings. The van der Waals surface area contributed by atoms with E-state index in [0.717, 1.165) is 0 Å². The van der Waals surface area contributed by atoms with Crippen LogP contribution >= 0.6 is 23.2 Å². The fourth-order valence-electron chi connectivity index (χ4n) is 2.13. The molecular weight excluding hydrogens is 373 g/mol. The maximum absolute atomic E-state index is 12.9. The van der Waals surface area contributed by atoms with E-state index in [1.54, 1.807) is 30.3 Å². The number of sulfonamides is 1. The van der Waals surface area contributed by atoms with Crippen molar-refractivity contribution in [2.24, 2.45) is 0 Å². The highest BCUT2D eigenvalue weighted by Gasteiger charge is 2.26. The Balaban J connectivity index is 2.39. The lowest BCUT2D eigenvalue weighted by Gasteiger charge is -2.20. The molecule has 130 valence electrons. The molecule has 0 N–H and O–H groups in total. The Kier molecular flexibility index (Phi) is 5.98. The van der Waals surface area contributed by atoms with Gasteiger partial charge in [0, 0.05) is 29.7 Å². The van der Waals surface area contributed by atoms with Gasteiger partial charge in [0.2, 0.25) is 10.0 Å². The molecule has 0 saturated carbocycles. The SMILES string of the molecule is COc1ccc(OC)c(S(=O)(=O)N(C)Cc2ccc(Cl)cc2Cl)c1. The standard InChI is InChI=1S/C16H17Cl2NO4S/c1-19(10-11-4-5-12(17)8-14(11)18)24(20,21)16-9-13(22-2)6-7-15(16)23-3/h4-9H,10H2,1-3H3. The number of methoxy groups -OCH3 is 2. The molecule has 24 heavy (non-hydrogen) atoms. The van der Waals surface area contributed by atoms with Crippen LogP contribution in [0.2, 0.25) is 10.0 Å². The number of nitrogens with zero attached hydrogens (tertiary/aromatic N) is 1. The molecule has 0 amide bonds. The highest BCUT2D eigenvalue weighted by atomic mass is 35.5. The molecule has 0 fully saturated rings. The van der Waals surface area contributed by atoms with Crippen LogP contribution in [-0.4, -0.2) is 34.0 Å². The van der Waals surface area contributed by atoms with Crippen molar-refractivity contribution in [3.63, 3.8) is 0 Å². The zero-order chi connectivity index (χ0) is 17.9. The molecule has 2 aromatic carbocycles. The normalized spacial score (nSPS) is 11.6. The summed E-state index contributed by atoms with van der Waals surface area (Å²) in [6, 6.07) is 9.54. The fraction of sp³-hybridized carbons (Fsp3) is 0.250. The maximum atomic E-state index is 12.9. The molecule has 0 unspecified atom stereocenters. The monoisotopic (exact) mass is 389 g/mol. The van der Waals surface area contributed by atoms with Gasteiger partial charge in [-0.25, -0.2) is 8.42 Å². The molecule has 0 aliphatic heterocycles. The molecular formula is C16H17Cl2NO4S. The van der Waals surface area contributed by atoms with Crippen molar-refractivity contribution < 1.29 is 17.9 Å². The van der Waals surface area contributed by atoms with E-state index < -0.39 is 10.0 Å². The molecule has 0 bridgehead atoms. The Morgan fingerprint density at radius 3 is 2.33 bits per heavy atom. The smallest absolute Gasteiger partial charge is 0.246 e. The minimum Gasteiger partial charge on any atom is -0.497 e. The largest absolute Gasteiger partial charge is 0.497 e. The van der Waals surface area contributed by atoms with Crippen molar-refractivity contribution in [3.8, 4) is 11.5 Å². The third kappa shape index (κ3) is 3.95. The van der Waals surface area contributed by atoms with E-state index in [2.05, 4.69) is 0 Å². The van der Waals surface area contributed by atoms with Crippen molar-refractivity contribution in [1.29, 1.82) is 0 Å². The van der Waals surface area contributed by atoms with E-state index in [1.165, 1.54) is 31.6 Å². The first kappa shape index (κ1) is 18.9. The van der Waals surface area contributed by atoms with Gasteiger partial charge >= 0.3 is 0 Å². The van der Waals surface area contributed by atoms with Gasteiger partial charge in [0.05, 0.1) is 14.2 Å². The van der Waals surface area contributed by atoms with Gasteiger partial charge in [0.15, 0.2) is 0 Å². The molecule has 0 aromatic heterocycles. The van der Waals surface area contributed by atoms with E-state index in [1.807, 2.05) is 0 Å². The molecule has 0 aliphatic carbocycles. The van der Waals surface area contributed by atoms with Crippen molar-refractivity contribution >= 4 is 33.2 Å². The molecule has 0 saturated heterocycles. The van der Waals surface area contributed by atoms with Crippen molar-refractivity contribution in [2.45, 2.75) is 11.4 Å². The van der Waals surface area contributed by atoms with E-state index in [9.17, 15) is 8.42 Å². The second-order valence-electron chi connectivity index (χ2n) is 5.01. The van der Waals surface area contributed by atoms with Gasteiger partial charge in [0.25, 0.3) is 0 Å². The lowest BCUT2D eigenvalue weighted by molar-refractivity contribution is 0.388. The third-order valence-electron chi connectivity index (χ3n) is 3.47. The lowest BCUT2D eigenvalue weighted by atomic mass is 10.2. The molecule has 5 nitrogen and oxygen atoms in total. The summed E-state index contributed by atoms with van der Waals surface area (Å²) in [7, 11) is 0.550. The van der Waals surface area contributed by atoms with Crippen LogP contribution in [0, 0.1) is 0 Å². The van der Waals surface area contributed by atoms with Crippen molar-refractivity contribution in [1.82, 2.24) is 4.31 Å². The zero-order valence-corrected chi connectivity index (χ0v) is 15.7. The van der Waals surface area contributed by atoms with Crippen LogP contribution in [0.25, 0.3) is 0 Å². The van der Waals surface area contributed by atoms with E-state index in [0.29, 0.717) is 21.4 Å². The lowest BCUT2D eigenvalue weighted by Crippen LogP contribution is -2.27. The van der Waals surface area contributed by atoms with Gasteiger partial charge in [-0.1, -0.05) is 29.3 Å². The summed E-state index contributed by atoms with van der Waals surface area (Å²) in [5.41, 5.74) is 0.647. The topological polar surface area (TPSA) is 55.8 Å². The van der Waals surface area contributed by atoms with Crippen molar-refractivity contribution in [2.75, 3.05) is 21.3 Å². The number of halogens is 2. The Morgan fingerprint density at radius 1 is 1.04 bits per heavy atom. The van der Waals surface area contributed by atoms with Gasteiger partial charge in [-0.2, -0.15) is 4.31 Å². The van der Waals surface area contributed by atoms with E-state index in [4.69, 9.17) is 32.7 Å². The second kappa shape index (κ2) is 7.61. The predicted molar refractivity (Wildman–Crippen MR) is 94.7 cm³/mol. The summed E-state index contributed by atoms with van der Waals surface area (Å²) in [5, 5.41) is 0.894. The molecule has 0 radical (unpaired) electrons. The number of ether oxygens (including phenoxy) is 2. The first-order chi connectivity index (χ1) is 11.3. The van der Waals surface area contributed by atoms with Crippen LogP contribution in [0.3, 0.4) is 0 Å². The highest BCUT2D eigenvalue weighted by Crippen LogP contribution is 2.31. The summed E-state index contributed by atoms with van der Waals surface area (Å²) in [6.45, 7) is 0.0959.